The molecule has 102 valence electrons. The van der Waals surface area contributed by atoms with Gasteiger partial charge >= 0.3 is 5.69 Å². The summed E-state index contributed by atoms with van der Waals surface area (Å²) >= 11 is 0. The Bertz CT molecular complexity index is 499. The van der Waals surface area contributed by atoms with Crippen molar-refractivity contribution in [3.8, 4) is 5.75 Å². The minimum absolute atomic E-state index is 0.0116. The molecule has 1 saturated carbocycles. The molecule has 0 heterocycles. The van der Waals surface area contributed by atoms with Crippen LogP contribution in [-0.4, -0.2) is 28.6 Å². The summed E-state index contributed by atoms with van der Waals surface area (Å²) < 4.78 is 5.17. The molecule has 0 spiro atoms. The number of nitrogens with one attached hydrogen (secondary N) is 1. The van der Waals surface area contributed by atoms with E-state index in [4.69, 9.17) is 9.84 Å². The van der Waals surface area contributed by atoms with Gasteiger partial charge in [0.1, 0.15) is 0 Å². The van der Waals surface area contributed by atoms with Gasteiger partial charge in [-0.2, -0.15) is 0 Å². The Morgan fingerprint density at radius 3 is 2.84 bits per heavy atom. The molecule has 0 bridgehead atoms. The zero-order chi connectivity index (χ0) is 13.8. The second kappa shape index (κ2) is 5.66. The first-order valence-electron chi connectivity index (χ1n) is 5.90. The first kappa shape index (κ1) is 13.3. The third-order valence-electron chi connectivity index (χ3n) is 2.70. The maximum absolute atomic E-state index is 11.4. The van der Waals surface area contributed by atoms with Crippen LogP contribution >= 0.6 is 0 Å². The summed E-state index contributed by atoms with van der Waals surface area (Å²) in [6, 6.07) is 4.27. The van der Waals surface area contributed by atoms with Gasteiger partial charge in [-0.1, -0.05) is 0 Å². The van der Waals surface area contributed by atoms with Crippen LogP contribution in [0.2, 0.25) is 0 Å². The van der Waals surface area contributed by atoms with E-state index in [1.165, 1.54) is 18.2 Å². The summed E-state index contributed by atoms with van der Waals surface area (Å²) in [6.07, 6.45) is 1.93. The summed E-state index contributed by atoms with van der Waals surface area (Å²) in [6.45, 7) is -0.519. The number of benzene rings is 1. The third kappa shape index (κ3) is 3.65. The van der Waals surface area contributed by atoms with Gasteiger partial charge in [0.05, 0.1) is 11.5 Å². The lowest BCUT2D eigenvalue weighted by Crippen LogP contribution is -2.30. The fourth-order valence-corrected chi connectivity index (χ4v) is 1.56. The van der Waals surface area contributed by atoms with Crippen molar-refractivity contribution in [3.63, 3.8) is 0 Å². The first-order chi connectivity index (χ1) is 9.10. The van der Waals surface area contributed by atoms with Crippen molar-refractivity contribution in [2.45, 2.75) is 25.5 Å². The second-order valence-corrected chi connectivity index (χ2v) is 4.35. The van der Waals surface area contributed by atoms with Gasteiger partial charge in [0, 0.05) is 12.1 Å². The van der Waals surface area contributed by atoms with Gasteiger partial charge in [-0.3, -0.25) is 14.9 Å². The van der Waals surface area contributed by atoms with Crippen LogP contribution in [0.5, 0.6) is 5.75 Å². The molecule has 19 heavy (non-hydrogen) atoms. The maximum Gasteiger partial charge on any atom is 0.310 e. The Morgan fingerprint density at radius 1 is 1.53 bits per heavy atom. The van der Waals surface area contributed by atoms with Crippen molar-refractivity contribution in [2.75, 3.05) is 6.61 Å². The zero-order valence-electron chi connectivity index (χ0n) is 10.2. The van der Waals surface area contributed by atoms with Gasteiger partial charge in [0.15, 0.2) is 12.4 Å². The molecule has 7 heteroatoms. The second-order valence-electron chi connectivity index (χ2n) is 4.35. The predicted molar refractivity (Wildman–Crippen MR) is 65.7 cm³/mol. The van der Waals surface area contributed by atoms with E-state index in [0.717, 1.165) is 12.8 Å². The third-order valence-corrected chi connectivity index (χ3v) is 2.70. The molecule has 1 aliphatic rings. The molecule has 2 rings (SSSR count). The number of aliphatic hydroxyl groups excluding tert-OH is 1. The number of nitro benzene ring substituents is 1. The van der Waals surface area contributed by atoms with Gasteiger partial charge < -0.3 is 15.2 Å². The standard InChI is InChI=1S/C12H14N2O5/c15-6-8-1-4-10(14(17)18)11(5-8)19-7-12(16)13-9-2-3-9/h1,4-5,9,15H,2-3,6-7H2,(H,13,16). The number of hydrogen-bond acceptors (Lipinski definition) is 5. The number of carbonyl (C=O) groups excluding carboxylic acids is 1. The molecule has 1 aromatic rings. The smallest absolute Gasteiger partial charge is 0.310 e. The minimum atomic E-state index is -0.588. The van der Waals surface area contributed by atoms with E-state index in [1.54, 1.807) is 0 Å². The van der Waals surface area contributed by atoms with Crippen molar-refractivity contribution >= 4 is 11.6 Å². The lowest BCUT2D eigenvalue weighted by molar-refractivity contribution is -0.385. The highest BCUT2D eigenvalue weighted by atomic mass is 16.6. The van der Waals surface area contributed by atoms with Crippen molar-refractivity contribution in [1.29, 1.82) is 0 Å². The molecular formula is C12H14N2O5. The lowest BCUT2D eigenvalue weighted by Gasteiger charge is -2.08. The largest absolute Gasteiger partial charge is 0.477 e. The van der Waals surface area contributed by atoms with Crippen LogP contribution in [0, 0.1) is 10.1 Å². The molecule has 0 unspecified atom stereocenters. The molecule has 0 aliphatic heterocycles. The molecule has 1 fully saturated rings. The molecule has 7 nitrogen and oxygen atoms in total. The van der Waals surface area contributed by atoms with Gasteiger partial charge in [-0.25, -0.2) is 0 Å². The highest BCUT2D eigenvalue weighted by Crippen LogP contribution is 2.28. The van der Waals surface area contributed by atoms with Crippen molar-refractivity contribution in [3.05, 3.63) is 33.9 Å². The number of carbonyl (C=O) groups is 1. The number of ether oxygens (including phenoxy) is 1. The minimum Gasteiger partial charge on any atom is -0.477 e. The van der Waals surface area contributed by atoms with E-state index < -0.39 is 4.92 Å². The highest BCUT2D eigenvalue weighted by molar-refractivity contribution is 5.78. The molecule has 0 radical (unpaired) electrons. The summed E-state index contributed by atoms with van der Waals surface area (Å²) in [4.78, 5) is 21.7. The first-order valence-corrected chi connectivity index (χ1v) is 5.90. The van der Waals surface area contributed by atoms with E-state index in [1.807, 2.05) is 0 Å². The van der Waals surface area contributed by atoms with E-state index in [2.05, 4.69) is 5.32 Å². The SMILES string of the molecule is O=C(COc1cc(CO)ccc1[N+](=O)[O-])NC1CC1. The zero-order valence-corrected chi connectivity index (χ0v) is 10.2. The molecule has 1 aromatic carbocycles. The van der Waals surface area contributed by atoms with E-state index >= 15 is 0 Å². The lowest BCUT2D eigenvalue weighted by atomic mass is 10.2. The van der Waals surface area contributed by atoms with Crippen LogP contribution in [0.25, 0.3) is 0 Å². The average molecular weight is 266 g/mol. The molecule has 2 N–H and O–H groups in total. The van der Waals surface area contributed by atoms with Crippen LogP contribution in [0.1, 0.15) is 18.4 Å². The fraction of sp³-hybridized carbons (Fsp3) is 0.417. The summed E-state index contributed by atoms with van der Waals surface area (Å²) in [5.74, 6) is -0.311. The Morgan fingerprint density at radius 2 is 2.26 bits per heavy atom. The van der Waals surface area contributed by atoms with E-state index in [9.17, 15) is 14.9 Å². The fourth-order valence-electron chi connectivity index (χ4n) is 1.56. The van der Waals surface area contributed by atoms with Crippen molar-refractivity contribution in [2.24, 2.45) is 0 Å². The van der Waals surface area contributed by atoms with Crippen molar-refractivity contribution < 1.29 is 19.6 Å². The molecule has 0 atom stereocenters. The number of nitrogens with zero attached hydrogens (tertiary/aromatic N) is 1. The molecule has 0 aromatic heterocycles. The molecule has 1 amide bonds. The molecule has 1 aliphatic carbocycles. The summed E-state index contributed by atoms with van der Waals surface area (Å²) in [5.41, 5.74) is 0.264. The van der Waals surface area contributed by atoms with Crippen LogP contribution in [-0.2, 0) is 11.4 Å². The number of hydrogen-bond donors (Lipinski definition) is 2. The van der Waals surface area contributed by atoms with Gasteiger partial charge in [0.25, 0.3) is 5.91 Å². The predicted octanol–water partition coefficient (Wildman–Crippen LogP) is 0.744. The molecule has 0 saturated heterocycles. The van der Waals surface area contributed by atoms with Crippen LogP contribution in [0.15, 0.2) is 18.2 Å². The van der Waals surface area contributed by atoms with Crippen LogP contribution in [0.4, 0.5) is 5.69 Å². The average Bonchev–Trinajstić information content (AvgIpc) is 3.19. The summed E-state index contributed by atoms with van der Waals surface area (Å²) in [5, 5.41) is 22.5. The van der Waals surface area contributed by atoms with Crippen LogP contribution in [0.3, 0.4) is 0 Å². The Labute approximate surface area is 109 Å². The van der Waals surface area contributed by atoms with E-state index in [0.29, 0.717) is 5.56 Å². The number of aliphatic hydroxyl groups is 1. The van der Waals surface area contributed by atoms with Gasteiger partial charge in [-0.15, -0.1) is 0 Å². The quantitative estimate of drug-likeness (QED) is 0.584. The van der Waals surface area contributed by atoms with Gasteiger partial charge in [-0.05, 0) is 30.5 Å². The Hall–Kier alpha value is -2.15. The molecular weight excluding hydrogens is 252 g/mol. The monoisotopic (exact) mass is 266 g/mol. The topological polar surface area (TPSA) is 102 Å². The maximum atomic E-state index is 11.4. The van der Waals surface area contributed by atoms with E-state index in [-0.39, 0.29) is 36.6 Å². The van der Waals surface area contributed by atoms with Gasteiger partial charge in [0.2, 0.25) is 0 Å². The van der Waals surface area contributed by atoms with Crippen LogP contribution < -0.4 is 10.1 Å². The number of rotatable bonds is 6. The van der Waals surface area contributed by atoms with Crippen molar-refractivity contribution in [1.82, 2.24) is 5.32 Å². The summed E-state index contributed by atoms with van der Waals surface area (Å²) in [7, 11) is 0. The normalized spacial score (nSPS) is 13.9. The number of nitro groups is 1. The Kier molecular flexibility index (Phi) is 3.96. The highest BCUT2D eigenvalue weighted by Gasteiger charge is 2.24. The number of amides is 1. The Balaban J connectivity index is 2.03.